The Hall–Kier alpha value is -1.72. The number of ether oxygens (including phenoxy) is 4. The van der Waals surface area contributed by atoms with Crippen LogP contribution in [-0.2, 0) is 18.9 Å². The van der Waals surface area contributed by atoms with Gasteiger partial charge in [0.1, 0.15) is 0 Å². The van der Waals surface area contributed by atoms with Crippen LogP contribution in [0.4, 0.5) is 0 Å². The zero-order valence-corrected chi connectivity index (χ0v) is 24.1. The molecule has 0 aliphatic rings. The van der Waals surface area contributed by atoms with Gasteiger partial charge in [0.05, 0.1) is 26.4 Å². The summed E-state index contributed by atoms with van der Waals surface area (Å²) in [5.74, 6) is 0. The van der Waals surface area contributed by atoms with Crippen LogP contribution < -0.4 is 0 Å². The van der Waals surface area contributed by atoms with Crippen LogP contribution in [0.25, 0.3) is 0 Å². The molecule has 0 N–H and O–H groups in total. The molecular weight excluding hydrogens is 424 g/mol. The number of rotatable bonds is 14. The average molecular weight is 477 g/mol. The van der Waals surface area contributed by atoms with Crippen LogP contribution in [0, 0.1) is 0 Å². The van der Waals surface area contributed by atoms with E-state index in [2.05, 4.69) is 79.7 Å². The molecule has 0 heterocycles. The first-order chi connectivity index (χ1) is 15.8. The molecule has 0 aromatic rings. The maximum absolute atomic E-state index is 5.64. The zero-order chi connectivity index (χ0) is 26.5. The Morgan fingerprint density at radius 2 is 0.588 bits per heavy atom. The Kier molecular flexibility index (Phi) is 22.1. The first-order valence-corrected chi connectivity index (χ1v) is 12.1. The van der Waals surface area contributed by atoms with E-state index in [1.807, 2.05) is 39.8 Å². The van der Waals surface area contributed by atoms with Gasteiger partial charge in [-0.3, -0.25) is 0 Å². The van der Waals surface area contributed by atoms with Gasteiger partial charge in [-0.2, -0.15) is 0 Å². The smallest absolute Gasteiger partial charge is 0.177 e. The molecule has 0 spiro atoms. The molecule has 0 aromatic heterocycles. The molecule has 0 unspecified atom stereocenters. The fraction of sp³-hybridized carbons (Fsp3) is 0.600. The van der Waals surface area contributed by atoms with E-state index in [4.69, 9.17) is 18.9 Å². The van der Waals surface area contributed by atoms with Crippen molar-refractivity contribution in [3.05, 3.63) is 69.9 Å². The standard InChI is InChI=1S/2C15H26O2/c2*1-12(2)7-9-16-15(11-14(5)6)17-10-8-13(3)4/h2*7-8,11,15H,9-10H2,1-6H3. The molecular formula is C30H52O4. The Balaban J connectivity index is 0. The predicted molar refractivity (Wildman–Crippen MR) is 148 cm³/mol. The van der Waals surface area contributed by atoms with Crippen LogP contribution >= 0.6 is 0 Å². The first-order valence-electron chi connectivity index (χ1n) is 12.1. The second-order valence-electron chi connectivity index (χ2n) is 9.68. The van der Waals surface area contributed by atoms with Gasteiger partial charge >= 0.3 is 0 Å². The summed E-state index contributed by atoms with van der Waals surface area (Å²) in [7, 11) is 0. The highest BCUT2D eigenvalue weighted by atomic mass is 16.7. The van der Waals surface area contributed by atoms with Gasteiger partial charge < -0.3 is 18.9 Å². The Morgan fingerprint density at radius 3 is 0.735 bits per heavy atom. The zero-order valence-electron chi connectivity index (χ0n) is 24.1. The van der Waals surface area contributed by atoms with Crippen LogP contribution in [0.2, 0.25) is 0 Å². The summed E-state index contributed by atoms with van der Waals surface area (Å²) in [6.07, 6.45) is 11.7. The molecule has 0 aliphatic carbocycles. The number of hydrogen-bond donors (Lipinski definition) is 0. The summed E-state index contributed by atoms with van der Waals surface area (Å²) in [4.78, 5) is 0. The molecule has 0 saturated heterocycles. The van der Waals surface area contributed by atoms with E-state index in [0.29, 0.717) is 26.4 Å². The highest BCUT2D eigenvalue weighted by molar-refractivity contribution is 4.99. The fourth-order valence-electron chi connectivity index (χ4n) is 2.07. The van der Waals surface area contributed by atoms with Gasteiger partial charge in [-0.1, -0.05) is 57.7 Å². The monoisotopic (exact) mass is 476 g/mol. The van der Waals surface area contributed by atoms with Crippen molar-refractivity contribution in [1.29, 1.82) is 0 Å². The second kappa shape index (κ2) is 21.8. The minimum Gasteiger partial charge on any atom is -0.345 e. The van der Waals surface area contributed by atoms with E-state index < -0.39 is 0 Å². The molecule has 0 radical (unpaired) electrons. The van der Waals surface area contributed by atoms with Crippen molar-refractivity contribution < 1.29 is 18.9 Å². The SMILES string of the molecule is CC(C)=CCOC(C=C(C)C)OCC=C(C)C.CC(C)=CCOC(C=C(C)C)OCC=C(C)C. The normalized spacial score (nSPS) is 10.1. The lowest BCUT2D eigenvalue weighted by molar-refractivity contribution is -0.0944. The average Bonchev–Trinajstić information content (AvgIpc) is 2.66. The third kappa shape index (κ3) is 28.3. The lowest BCUT2D eigenvalue weighted by Crippen LogP contribution is -2.15. The minimum absolute atomic E-state index is 0.258. The summed E-state index contributed by atoms with van der Waals surface area (Å²) in [6, 6.07) is 0. The Bertz CT molecular complexity index is 590. The van der Waals surface area contributed by atoms with Gasteiger partial charge in [0, 0.05) is 0 Å². The Morgan fingerprint density at radius 1 is 0.382 bits per heavy atom. The van der Waals surface area contributed by atoms with Gasteiger partial charge in [-0.15, -0.1) is 0 Å². The predicted octanol–water partition coefficient (Wildman–Crippen LogP) is 8.49. The van der Waals surface area contributed by atoms with Crippen molar-refractivity contribution in [3.8, 4) is 0 Å². The largest absolute Gasteiger partial charge is 0.345 e. The lowest BCUT2D eigenvalue weighted by atomic mass is 10.3. The van der Waals surface area contributed by atoms with Crippen molar-refractivity contribution in [2.45, 2.75) is 95.7 Å². The lowest BCUT2D eigenvalue weighted by Gasteiger charge is -2.14. The van der Waals surface area contributed by atoms with Crippen LogP contribution in [0.3, 0.4) is 0 Å². The fourth-order valence-corrected chi connectivity index (χ4v) is 2.07. The molecule has 4 nitrogen and oxygen atoms in total. The summed E-state index contributed by atoms with van der Waals surface area (Å²) < 4.78 is 22.6. The van der Waals surface area contributed by atoms with Gasteiger partial charge in [0.2, 0.25) is 0 Å². The van der Waals surface area contributed by atoms with Crippen molar-refractivity contribution >= 4 is 0 Å². The minimum atomic E-state index is -0.258. The van der Waals surface area contributed by atoms with Crippen molar-refractivity contribution in [2.24, 2.45) is 0 Å². The number of hydrogen-bond acceptors (Lipinski definition) is 4. The highest BCUT2D eigenvalue weighted by Crippen LogP contribution is 2.05. The molecule has 0 fully saturated rings. The van der Waals surface area contributed by atoms with Crippen molar-refractivity contribution in [3.63, 3.8) is 0 Å². The quantitative estimate of drug-likeness (QED) is 0.186. The summed E-state index contributed by atoms with van der Waals surface area (Å²) in [6.45, 7) is 27.0. The van der Waals surface area contributed by atoms with Gasteiger partial charge in [0.15, 0.2) is 12.6 Å². The van der Waals surface area contributed by atoms with Crippen LogP contribution in [0.5, 0.6) is 0 Å². The molecule has 0 rings (SSSR count). The third-order valence-electron chi connectivity index (χ3n) is 3.95. The van der Waals surface area contributed by atoms with Gasteiger partial charge in [-0.25, -0.2) is 0 Å². The third-order valence-corrected chi connectivity index (χ3v) is 3.95. The van der Waals surface area contributed by atoms with Crippen LogP contribution in [0.1, 0.15) is 83.1 Å². The van der Waals surface area contributed by atoms with E-state index in [1.165, 1.54) is 33.4 Å². The Labute approximate surface area is 211 Å². The summed E-state index contributed by atoms with van der Waals surface area (Å²) in [5, 5.41) is 0. The van der Waals surface area contributed by atoms with E-state index in [-0.39, 0.29) is 12.6 Å². The van der Waals surface area contributed by atoms with Gasteiger partial charge in [0.25, 0.3) is 0 Å². The molecule has 0 aliphatic heterocycles. The molecule has 0 atom stereocenters. The maximum atomic E-state index is 5.64. The van der Waals surface area contributed by atoms with Gasteiger partial charge in [-0.05, 0) is 95.2 Å². The van der Waals surface area contributed by atoms with Crippen LogP contribution in [-0.4, -0.2) is 39.0 Å². The molecule has 0 aromatic carbocycles. The molecule has 4 heteroatoms. The van der Waals surface area contributed by atoms with Crippen LogP contribution in [0.15, 0.2) is 69.9 Å². The first kappa shape index (κ1) is 34.4. The van der Waals surface area contributed by atoms with Crippen molar-refractivity contribution in [2.75, 3.05) is 26.4 Å². The highest BCUT2D eigenvalue weighted by Gasteiger charge is 2.04. The van der Waals surface area contributed by atoms with Crippen molar-refractivity contribution in [1.82, 2.24) is 0 Å². The topological polar surface area (TPSA) is 36.9 Å². The molecule has 34 heavy (non-hydrogen) atoms. The summed E-state index contributed by atoms with van der Waals surface area (Å²) >= 11 is 0. The van der Waals surface area contributed by atoms with E-state index >= 15 is 0 Å². The van der Waals surface area contributed by atoms with E-state index in [0.717, 1.165) is 0 Å². The molecule has 196 valence electrons. The molecule has 0 saturated carbocycles. The second-order valence-corrected chi connectivity index (χ2v) is 9.68. The maximum Gasteiger partial charge on any atom is 0.177 e. The molecule has 0 bridgehead atoms. The summed E-state index contributed by atoms with van der Waals surface area (Å²) in [5.41, 5.74) is 7.42. The van der Waals surface area contributed by atoms with E-state index in [9.17, 15) is 0 Å². The van der Waals surface area contributed by atoms with E-state index in [1.54, 1.807) is 0 Å². The number of allylic oxidation sites excluding steroid dienone is 6. The molecule has 0 amide bonds.